The van der Waals surface area contributed by atoms with Crippen LogP contribution in [0.1, 0.15) is 37.3 Å². The van der Waals surface area contributed by atoms with Crippen LogP contribution in [0.25, 0.3) is 0 Å². The van der Waals surface area contributed by atoms with Crippen LogP contribution in [0.5, 0.6) is 0 Å². The molecule has 0 spiro atoms. The van der Waals surface area contributed by atoms with Crippen molar-refractivity contribution >= 4 is 5.69 Å². The van der Waals surface area contributed by atoms with Gasteiger partial charge in [-0.15, -0.1) is 0 Å². The van der Waals surface area contributed by atoms with Crippen molar-refractivity contribution in [1.82, 2.24) is 0 Å². The molecule has 0 aliphatic heterocycles. The predicted octanol–water partition coefficient (Wildman–Crippen LogP) is 5.07. The highest BCUT2D eigenvalue weighted by atomic mass is 14.9. The second-order valence-electron chi connectivity index (χ2n) is 5.32. The molecule has 0 fully saturated rings. The van der Waals surface area contributed by atoms with E-state index < -0.39 is 0 Å². The van der Waals surface area contributed by atoms with E-state index in [1.54, 1.807) is 0 Å². The van der Waals surface area contributed by atoms with Crippen molar-refractivity contribution in [3.05, 3.63) is 65.7 Å². The first-order valence-corrected chi connectivity index (χ1v) is 7.75. The Morgan fingerprint density at radius 2 is 1.40 bits per heavy atom. The maximum Gasteiger partial charge on any atom is 0.0340 e. The Balaban J connectivity index is 1.69. The molecule has 0 atom stereocenters. The highest BCUT2D eigenvalue weighted by molar-refractivity contribution is 5.44. The molecule has 0 heterocycles. The molecule has 106 valence electrons. The third-order valence-electron chi connectivity index (χ3n) is 3.59. The minimum Gasteiger partial charge on any atom is -0.385 e. The fourth-order valence-corrected chi connectivity index (χ4v) is 2.34. The van der Waals surface area contributed by atoms with Crippen molar-refractivity contribution in [2.24, 2.45) is 0 Å². The smallest absolute Gasteiger partial charge is 0.0340 e. The van der Waals surface area contributed by atoms with Gasteiger partial charge in [-0.2, -0.15) is 0 Å². The van der Waals surface area contributed by atoms with Crippen molar-refractivity contribution in [3.63, 3.8) is 0 Å². The lowest BCUT2D eigenvalue weighted by Gasteiger charge is -2.07. The standard InChI is InChI=1S/C19H25N/c1-2-3-8-18-12-14-19(15-13-18)20-16-7-11-17-9-5-4-6-10-17/h4-6,9-10,12-15,20H,2-3,7-8,11,16H2,1H3. The third-order valence-corrected chi connectivity index (χ3v) is 3.59. The van der Waals surface area contributed by atoms with Gasteiger partial charge in [0.15, 0.2) is 0 Å². The van der Waals surface area contributed by atoms with Crippen molar-refractivity contribution in [3.8, 4) is 0 Å². The van der Waals surface area contributed by atoms with Crippen molar-refractivity contribution in [2.45, 2.75) is 39.0 Å². The molecule has 0 aliphatic carbocycles. The Labute approximate surface area is 123 Å². The molecule has 20 heavy (non-hydrogen) atoms. The van der Waals surface area contributed by atoms with Gasteiger partial charge in [-0.3, -0.25) is 0 Å². The largest absolute Gasteiger partial charge is 0.385 e. The number of anilines is 1. The summed E-state index contributed by atoms with van der Waals surface area (Å²) in [5, 5.41) is 3.50. The van der Waals surface area contributed by atoms with Crippen molar-refractivity contribution in [1.29, 1.82) is 0 Å². The average molecular weight is 267 g/mol. The van der Waals surface area contributed by atoms with Gasteiger partial charge in [0.1, 0.15) is 0 Å². The van der Waals surface area contributed by atoms with E-state index in [0.717, 1.165) is 13.0 Å². The topological polar surface area (TPSA) is 12.0 Å². The molecular weight excluding hydrogens is 242 g/mol. The minimum absolute atomic E-state index is 1.03. The van der Waals surface area contributed by atoms with Gasteiger partial charge < -0.3 is 5.32 Å². The van der Waals surface area contributed by atoms with Crippen molar-refractivity contribution < 1.29 is 0 Å². The van der Waals surface area contributed by atoms with Crippen LogP contribution >= 0.6 is 0 Å². The van der Waals surface area contributed by atoms with E-state index in [1.165, 1.54) is 42.5 Å². The summed E-state index contributed by atoms with van der Waals surface area (Å²) in [5.74, 6) is 0. The molecule has 2 aromatic carbocycles. The Kier molecular flexibility index (Phi) is 6.16. The number of hydrogen-bond acceptors (Lipinski definition) is 1. The Morgan fingerprint density at radius 1 is 0.750 bits per heavy atom. The molecule has 0 bridgehead atoms. The molecule has 1 heteroatoms. The number of rotatable bonds is 8. The maximum atomic E-state index is 3.50. The van der Waals surface area contributed by atoms with Crippen LogP contribution < -0.4 is 5.32 Å². The van der Waals surface area contributed by atoms with Gasteiger partial charge in [-0.05, 0) is 48.9 Å². The fourth-order valence-electron chi connectivity index (χ4n) is 2.34. The average Bonchev–Trinajstić information content (AvgIpc) is 2.52. The molecule has 1 nitrogen and oxygen atoms in total. The second-order valence-corrected chi connectivity index (χ2v) is 5.32. The number of aryl methyl sites for hydroxylation is 2. The number of benzene rings is 2. The van der Waals surface area contributed by atoms with E-state index in [9.17, 15) is 0 Å². The lowest BCUT2D eigenvalue weighted by molar-refractivity contribution is 0.795. The molecule has 2 aromatic rings. The number of unbranched alkanes of at least 4 members (excludes halogenated alkanes) is 1. The van der Waals surface area contributed by atoms with Crippen LogP contribution in [0.4, 0.5) is 5.69 Å². The molecule has 0 aromatic heterocycles. The van der Waals surface area contributed by atoms with Gasteiger partial charge in [0, 0.05) is 12.2 Å². The summed E-state index contributed by atoms with van der Waals surface area (Å²) in [6, 6.07) is 19.6. The van der Waals surface area contributed by atoms with E-state index in [2.05, 4.69) is 66.8 Å². The van der Waals surface area contributed by atoms with Gasteiger partial charge in [0.2, 0.25) is 0 Å². The summed E-state index contributed by atoms with van der Waals surface area (Å²) in [6.07, 6.45) is 6.05. The van der Waals surface area contributed by atoms with Crippen LogP contribution in [0.15, 0.2) is 54.6 Å². The first kappa shape index (κ1) is 14.6. The summed E-state index contributed by atoms with van der Waals surface area (Å²) < 4.78 is 0. The second kappa shape index (κ2) is 8.42. The van der Waals surface area contributed by atoms with E-state index in [1.807, 2.05) is 0 Å². The summed E-state index contributed by atoms with van der Waals surface area (Å²) in [5.41, 5.74) is 4.10. The van der Waals surface area contributed by atoms with Crippen LogP contribution in [0.2, 0.25) is 0 Å². The highest BCUT2D eigenvalue weighted by Gasteiger charge is 1.95. The van der Waals surface area contributed by atoms with Crippen LogP contribution in [-0.2, 0) is 12.8 Å². The van der Waals surface area contributed by atoms with Gasteiger partial charge in [-0.1, -0.05) is 55.8 Å². The predicted molar refractivity (Wildman–Crippen MR) is 88.3 cm³/mol. The normalized spacial score (nSPS) is 10.4. The first-order valence-electron chi connectivity index (χ1n) is 7.75. The summed E-state index contributed by atoms with van der Waals surface area (Å²) >= 11 is 0. The molecular formula is C19H25N. The van der Waals surface area contributed by atoms with Gasteiger partial charge in [0.25, 0.3) is 0 Å². The van der Waals surface area contributed by atoms with Gasteiger partial charge in [0.05, 0.1) is 0 Å². The van der Waals surface area contributed by atoms with E-state index in [-0.39, 0.29) is 0 Å². The monoisotopic (exact) mass is 267 g/mol. The Hall–Kier alpha value is -1.76. The zero-order valence-electron chi connectivity index (χ0n) is 12.4. The van der Waals surface area contributed by atoms with Crippen LogP contribution in [0, 0.1) is 0 Å². The summed E-state index contributed by atoms with van der Waals surface area (Å²) in [4.78, 5) is 0. The molecule has 0 saturated heterocycles. The molecule has 1 N–H and O–H groups in total. The quantitative estimate of drug-likeness (QED) is 0.658. The third kappa shape index (κ3) is 5.08. The maximum absolute atomic E-state index is 3.50. The summed E-state index contributed by atoms with van der Waals surface area (Å²) in [6.45, 7) is 3.27. The molecule has 2 rings (SSSR count). The zero-order chi connectivity index (χ0) is 14.0. The lowest BCUT2D eigenvalue weighted by Crippen LogP contribution is -2.03. The number of hydrogen-bond donors (Lipinski definition) is 1. The molecule has 0 aliphatic rings. The van der Waals surface area contributed by atoms with Crippen LogP contribution in [0.3, 0.4) is 0 Å². The fraction of sp³-hybridized carbons (Fsp3) is 0.368. The summed E-state index contributed by atoms with van der Waals surface area (Å²) in [7, 11) is 0. The Morgan fingerprint density at radius 3 is 2.10 bits per heavy atom. The molecule has 0 amide bonds. The van der Waals surface area contributed by atoms with Crippen molar-refractivity contribution in [2.75, 3.05) is 11.9 Å². The molecule has 0 unspecified atom stereocenters. The Bertz CT molecular complexity index is 473. The SMILES string of the molecule is CCCCc1ccc(NCCCc2ccccc2)cc1. The minimum atomic E-state index is 1.03. The zero-order valence-corrected chi connectivity index (χ0v) is 12.4. The van der Waals surface area contributed by atoms with Gasteiger partial charge in [-0.25, -0.2) is 0 Å². The van der Waals surface area contributed by atoms with E-state index in [0.29, 0.717) is 0 Å². The molecule has 0 saturated carbocycles. The number of nitrogens with one attached hydrogen (secondary N) is 1. The first-order chi connectivity index (χ1) is 9.88. The van der Waals surface area contributed by atoms with Gasteiger partial charge >= 0.3 is 0 Å². The molecule has 0 radical (unpaired) electrons. The van der Waals surface area contributed by atoms with E-state index in [4.69, 9.17) is 0 Å². The van der Waals surface area contributed by atoms with E-state index >= 15 is 0 Å². The van der Waals surface area contributed by atoms with Crippen LogP contribution in [-0.4, -0.2) is 6.54 Å². The highest BCUT2D eigenvalue weighted by Crippen LogP contribution is 2.12. The lowest BCUT2D eigenvalue weighted by atomic mass is 10.1.